The fourth-order valence-corrected chi connectivity index (χ4v) is 4.98. The second-order valence-electron chi connectivity index (χ2n) is 7.13. The van der Waals surface area contributed by atoms with Gasteiger partial charge in [-0.15, -0.1) is 11.3 Å². The van der Waals surface area contributed by atoms with Gasteiger partial charge >= 0.3 is 0 Å². The molecule has 0 saturated carbocycles. The SMILES string of the molecule is COc1cccc(C2/C(=C(/O)c3ccc(OC)c(Br)c3)C(=O)C(=O)N2Cc2cccs2)c1. The summed E-state index contributed by atoms with van der Waals surface area (Å²) in [6, 6.07) is 15.2. The van der Waals surface area contributed by atoms with Crippen LogP contribution in [-0.2, 0) is 16.1 Å². The third kappa shape index (κ3) is 4.03. The Kier molecular flexibility index (Phi) is 6.34. The van der Waals surface area contributed by atoms with Crippen molar-refractivity contribution < 1.29 is 24.2 Å². The van der Waals surface area contributed by atoms with Crippen LogP contribution in [0.5, 0.6) is 11.5 Å². The zero-order valence-electron chi connectivity index (χ0n) is 17.4. The van der Waals surface area contributed by atoms with Gasteiger partial charge in [0.2, 0.25) is 0 Å². The maximum atomic E-state index is 13.1. The molecule has 32 heavy (non-hydrogen) atoms. The molecule has 4 rings (SSSR count). The summed E-state index contributed by atoms with van der Waals surface area (Å²) in [6.45, 7) is 0.257. The third-order valence-electron chi connectivity index (χ3n) is 5.28. The van der Waals surface area contributed by atoms with Gasteiger partial charge in [-0.25, -0.2) is 0 Å². The molecular formula is C24H20BrNO5S. The zero-order chi connectivity index (χ0) is 22.8. The lowest BCUT2D eigenvalue weighted by atomic mass is 9.95. The Bertz CT molecular complexity index is 1200. The Morgan fingerprint density at radius 3 is 2.56 bits per heavy atom. The van der Waals surface area contributed by atoms with Crippen LogP contribution in [0.3, 0.4) is 0 Å². The largest absolute Gasteiger partial charge is 0.507 e. The van der Waals surface area contributed by atoms with E-state index in [1.165, 1.54) is 16.2 Å². The molecule has 8 heteroatoms. The van der Waals surface area contributed by atoms with Crippen LogP contribution in [0.2, 0.25) is 0 Å². The molecule has 1 saturated heterocycles. The van der Waals surface area contributed by atoms with E-state index in [2.05, 4.69) is 15.9 Å². The highest BCUT2D eigenvalue weighted by Crippen LogP contribution is 2.42. The minimum Gasteiger partial charge on any atom is -0.507 e. The van der Waals surface area contributed by atoms with Gasteiger partial charge in [-0.3, -0.25) is 9.59 Å². The van der Waals surface area contributed by atoms with Crippen LogP contribution in [-0.4, -0.2) is 35.9 Å². The summed E-state index contributed by atoms with van der Waals surface area (Å²) in [5.41, 5.74) is 1.12. The van der Waals surface area contributed by atoms with Gasteiger partial charge in [-0.2, -0.15) is 0 Å². The maximum Gasteiger partial charge on any atom is 0.295 e. The van der Waals surface area contributed by atoms with E-state index in [1.54, 1.807) is 50.6 Å². The molecule has 2 aromatic carbocycles. The number of benzene rings is 2. The molecule has 1 aliphatic heterocycles. The van der Waals surface area contributed by atoms with Crippen molar-refractivity contribution in [3.63, 3.8) is 0 Å². The second kappa shape index (κ2) is 9.18. The number of Topliss-reactive ketones (excluding diaryl/α,β-unsaturated/α-hetero) is 1. The van der Waals surface area contributed by atoms with Gasteiger partial charge in [0, 0.05) is 10.4 Å². The number of ketones is 1. The molecule has 0 bridgehead atoms. The van der Waals surface area contributed by atoms with Crippen molar-refractivity contribution in [2.45, 2.75) is 12.6 Å². The lowest BCUT2D eigenvalue weighted by Crippen LogP contribution is -2.28. The Balaban J connectivity index is 1.88. The number of amides is 1. The number of halogens is 1. The van der Waals surface area contributed by atoms with Crippen LogP contribution >= 0.6 is 27.3 Å². The summed E-state index contributed by atoms with van der Waals surface area (Å²) in [5, 5.41) is 13.1. The van der Waals surface area contributed by atoms with Crippen LogP contribution in [0.15, 0.2) is 70.0 Å². The normalized spacial score (nSPS) is 17.6. The molecule has 3 aromatic rings. The first-order valence-electron chi connectivity index (χ1n) is 9.73. The summed E-state index contributed by atoms with van der Waals surface area (Å²) in [4.78, 5) is 28.6. The maximum absolute atomic E-state index is 13.1. The lowest BCUT2D eigenvalue weighted by Gasteiger charge is -2.25. The lowest BCUT2D eigenvalue weighted by molar-refractivity contribution is -0.140. The van der Waals surface area contributed by atoms with Crippen molar-refractivity contribution >= 4 is 44.7 Å². The first kappa shape index (κ1) is 22.1. The highest BCUT2D eigenvalue weighted by atomic mass is 79.9. The molecular weight excluding hydrogens is 494 g/mol. The molecule has 1 aliphatic rings. The van der Waals surface area contributed by atoms with Crippen molar-refractivity contribution in [2.75, 3.05) is 14.2 Å². The number of rotatable bonds is 6. The van der Waals surface area contributed by atoms with E-state index in [0.717, 1.165) is 4.88 Å². The standard InChI is InChI=1S/C24H20BrNO5S/c1-30-16-6-3-5-14(11-16)21-20(22(27)15-8-9-19(31-2)18(25)12-15)23(28)24(29)26(21)13-17-7-4-10-32-17/h3-12,21,27H,13H2,1-2H3/b22-20-. The number of methoxy groups -OCH3 is 2. The van der Waals surface area contributed by atoms with E-state index in [4.69, 9.17) is 9.47 Å². The number of likely N-dealkylation sites (tertiary alicyclic amines) is 1. The van der Waals surface area contributed by atoms with E-state index < -0.39 is 17.7 Å². The number of carbonyl (C=O) groups excluding carboxylic acids is 2. The molecule has 1 unspecified atom stereocenters. The van der Waals surface area contributed by atoms with Crippen LogP contribution in [0.25, 0.3) is 5.76 Å². The quantitative estimate of drug-likeness (QED) is 0.280. The summed E-state index contributed by atoms with van der Waals surface area (Å²) in [6.07, 6.45) is 0. The van der Waals surface area contributed by atoms with Gasteiger partial charge in [-0.1, -0.05) is 18.2 Å². The van der Waals surface area contributed by atoms with E-state index in [9.17, 15) is 14.7 Å². The first-order chi connectivity index (χ1) is 15.4. The number of aliphatic hydroxyl groups excluding tert-OH is 1. The van der Waals surface area contributed by atoms with Crippen LogP contribution in [0.4, 0.5) is 0 Å². The highest BCUT2D eigenvalue weighted by molar-refractivity contribution is 9.10. The third-order valence-corrected chi connectivity index (χ3v) is 6.76. The van der Waals surface area contributed by atoms with Gasteiger partial charge in [0.05, 0.1) is 36.9 Å². The smallest absolute Gasteiger partial charge is 0.295 e. The number of hydrogen-bond acceptors (Lipinski definition) is 6. The van der Waals surface area contributed by atoms with Crippen molar-refractivity contribution in [3.8, 4) is 11.5 Å². The summed E-state index contributed by atoms with van der Waals surface area (Å²) in [7, 11) is 3.09. The van der Waals surface area contributed by atoms with Gasteiger partial charge in [-0.05, 0) is 63.3 Å². The Morgan fingerprint density at radius 2 is 1.91 bits per heavy atom. The number of aliphatic hydroxyl groups is 1. The zero-order valence-corrected chi connectivity index (χ0v) is 19.8. The number of carbonyl (C=O) groups is 2. The van der Waals surface area contributed by atoms with Crippen molar-refractivity contribution in [2.24, 2.45) is 0 Å². The number of ether oxygens (including phenoxy) is 2. The molecule has 1 fully saturated rings. The Morgan fingerprint density at radius 1 is 1.09 bits per heavy atom. The molecule has 0 radical (unpaired) electrons. The van der Waals surface area contributed by atoms with Gasteiger partial charge < -0.3 is 19.5 Å². The van der Waals surface area contributed by atoms with E-state index in [1.807, 2.05) is 23.6 Å². The molecule has 1 atom stereocenters. The highest BCUT2D eigenvalue weighted by Gasteiger charge is 2.46. The number of nitrogens with zero attached hydrogens (tertiary/aromatic N) is 1. The van der Waals surface area contributed by atoms with E-state index in [0.29, 0.717) is 27.1 Å². The fraction of sp³-hybridized carbons (Fsp3) is 0.167. The number of hydrogen-bond donors (Lipinski definition) is 1. The minimum absolute atomic E-state index is 0.0388. The monoisotopic (exact) mass is 513 g/mol. The summed E-state index contributed by atoms with van der Waals surface area (Å²) < 4.78 is 11.2. The fourth-order valence-electron chi connectivity index (χ4n) is 3.74. The van der Waals surface area contributed by atoms with Crippen LogP contribution in [0, 0.1) is 0 Å². The average Bonchev–Trinajstić information content (AvgIpc) is 3.41. The average molecular weight is 514 g/mol. The molecule has 0 aliphatic carbocycles. The number of thiophene rings is 1. The van der Waals surface area contributed by atoms with Crippen LogP contribution in [0.1, 0.15) is 22.0 Å². The summed E-state index contributed by atoms with van der Waals surface area (Å²) >= 11 is 4.91. The molecule has 6 nitrogen and oxygen atoms in total. The molecule has 0 spiro atoms. The molecule has 1 N–H and O–H groups in total. The summed E-state index contributed by atoms with van der Waals surface area (Å²) in [5.74, 6) is -0.437. The van der Waals surface area contributed by atoms with Crippen molar-refractivity contribution in [3.05, 3.63) is 86.0 Å². The Labute approximate surface area is 197 Å². The van der Waals surface area contributed by atoms with Gasteiger partial charge in [0.25, 0.3) is 11.7 Å². The van der Waals surface area contributed by atoms with Gasteiger partial charge in [0.15, 0.2) is 0 Å². The predicted octanol–water partition coefficient (Wildman–Crippen LogP) is 5.15. The van der Waals surface area contributed by atoms with E-state index in [-0.39, 0.29) is 17.9 Å². The molecule has 164 valence electrons. The van der Waals surface area contributed by atoms with Crippen molar-refractivity contribution in [1.29, 1.82) is 0 Å². The van der Waals surface area contributed by atoms with Gasteiger partial charge in [0.1, 0.15) is 17.3 Å². The Hall–Kier alpha value is -3.10. The van der Waals surface area contributed by atoms with Crippen LogP contribution < -0.4 is 9.47 Å². The topological polar surface area (TPSA) is 76.1 Å². The molecule has 1 aromatic heterocycles. The molecule has 2 heterocycles. The second-order valence-corrected chi connectivity index (χ2v) is 9.02. The molecule has 1 amide bonds. The minimum atomic E-state index is -0.756. The van der Waals surface area contributed by atoms with E-state index >= 15 is 0 Å². The van der Waals surface area contributed by atoms with Crippen molar-refractivity contribution in [1.82, 2.24) is 4.90 Å². The first-order valence-corrected chi connectivity index (χ1v) is 11.4. The predicted molar refractivity (Wildman–Crippen MR) is 126 cm³/mol.